The summed E-state index contributed by atoms with van der Waals surface area (Å²) in [6, 6.07) is 3.85. The van der Waals surface area contributed by atoms with E-state index in [1.54, 1.807) is 18.6 Å². The van der Waals surface area contributed by atoms with Gasteiger partial charge in [0.1, 0.15) is 5.65 Å². The fourth-order valence-corrected chi connectivity index (χ4v) is 5.01. The molecule has 2 aliphatic rings. The maximum absolute atomic E-state index is 13.3. The molecule has 1 N–H and O–H groups in total. The van der Waals surface area contributed by atoms with Crippen molar-refractivity contribution in [3.8, 4) is 0 Å². The number of likely N-dealkylation sites (tertiary alicyclic amines) is 2. The second-order valence-corrected chi connectivity index (χ2v) is 9.32. The number of fused-ring (bicyclic) bond motifs is 1. The zero-order chi connectivity index (χ0) is 22.2. The first-order valence-corrected chi connectivity index (χ1v) is 11.4. The minimum atomic E-state index is 0.0558. The Kier molecular flexibility index (Phi) is 5.41. The van der Waals surface area contributed by atoms with Crippen LogP contribution in [-0.2, 0) is 0 Å². The number of carbonyl (C=O) groups excluding carboxylic acids is 2. The van der Waals surface area contributed by atoms with Crippen LogP contribution < -0.4 is 0 Å². The van der Waals surface area contributed by atoms with E-state index in [9.17, 15) is 9.59 Å². The molecule has 5 heterocycles. The summed E-state index contributed by atoms with van der Waals surface area (Å²) in [6.07, 6.45) is 10.3. The number of aromatic amines is 1. The fraction of sp³-hybridized carbons (Fsp3) is 0.440. The highest BCUT2D eigenvalue weighted by molar-refractivity contribution is 5.97. The lowest BCUT2D eigenvalue weighted by Crippen LogP contribution is -2.54. The average molecular weight is 432 g/mol. The van der Waals surface area contributed by atoms with Crippen LogP contribution in [0.15, 0.2) is 36.9 Å². The molecule has 2 saturated heterocycles. The first kappa shape index (κ1) is 20.7. The summed E-state index contributed by atoms with van der Waals surface area (Å²) in [4.78, 5) is 41.7. The predicted octanol–water partition coefficient (Wildman–Crippen LogP) is 3.59. The summed E-state index contributed by atoms with van der Waals surface area (Å²) in [6.45, 7) is 7.02. The molecule has 7 nitrogen and oxygen atoms in total. The molecule has 0 aromatic carbocycles. The third-order valence-corrected chi connectivity index (χ3v) is 6.97. The Bertz CT molecular complexity index is 1160. The summed E-state index contributed by atoms with van der Waals surface area (Å²) in [7, 11) is 0. The number of carbonyl (C=O) groups is 2. The summed E-state index contributed by atoms with van der Waals surface area (Å²) in [5.74, 6) is 0.981. The molecule has 3 aromatic heterocycles. The van der Waals surface area contributed by atoms with Crippen molar-refractivity contribution < 1.29 is 9.59 Å². The van der Waals surface area contributed by atoms with E-state index in [0.717, 1.165) is 67.6 Å². The van der Waals surface area contributed by atoms with Gasteiger partial charge in [-0.2, -0.15) is 0 Å². The quantitative estimate of drug-likeness (QED) is 0.687. The molecule has 0 saturated carbocycles. The molecule has 7 heteroatoms. The van der Waals surface area contributed by atoms with Crippen molar-refractivity contribution >= 4 is 22.8 Å². The molecule has 0 aliphatic carbocycles. The Balaban J connectivity index is 1.25. The van der Waals surface area contributed by atoms with Crippen molar-refractivity contribution in [1.29, 1.82) is 0 Å². The van der Waals surface area contributed by atoms with Crippen LogP contribution in [0, 0.1) is 25.7 Å². The highest BCUT2D eigenvalue weighted by atomic mass is 16.2. The largest absolute Gasteiger partial charge is 0.346 e. The molecule has 1 unspecified atom stereocenters. The molecular weight excluding hydrogens is 402 g/mol. The van der Waals surface area contributed by atoms with E-state index in [0.29, 0.717) is 23.0 Å². The van der Waals surface area contributed by atoms with Gasteiger partial charge in [-0.25, -0.2) is 4.98 Å². The Morgan fingerprint density at radius 3 is 2.50 bits per heavy atom. The van der Waals surface area contributed by atoms with E-state index in [1.165, 1.54) is 0 Å². The van der Waals surface area contributed by atoms with Gasteiger partial charge in [0.25, 0.3) is 11.8 Å². The Labute approximate surface area is 187 Å². The standard InChI is InChI=1S/C25H29N5O2/c1-16-7-19(11-26-9-16)25(32)30-14-21(15-30)18-5-3-4-6-29(13-18)24(31)20-8-22-17(2)10-27-23(22)28-12-20/h7-12,18,21H,3-6,13-15H2,1-2H3,(H,27,28). The number of nitrogens with one attached hydrogen (secondary N) is 1. The third-order valence-electron chi connectivity index (χ3n) is 6.97. The zero-order valence-electron chi connectivity index (χ0n) is 18.7. The number of nitrogens with zero attached hydrogens (tertiary/aromatic N) is 4. The van der Waals surface area contributed by atoms with Gasteiger partial charge in [0.15, 0.2) is 0 Å². The maximum Gasteiger partial charge on any atom is 0.255 e. The van der Waals surface area contributed by atoms with Crippen LogP contribution in [-0.4, -0.2) is 62.7 Å². The Hall–Kier alpha value is -3.22. The molecule has 166 valence electrons. The Morgan fingerprint density at radius 1 is 0.938 bits per heavy atom. The maximum atomic E-state index is 13.3. The minimum absolute atomic E-state index is 0.0558. The third kappa shape index (κ3) is 3.87. The van der Waals surface area contributed by atoms with E-state index in [1.807, 2.05) is 42.0 Å². The van der Waals surface area contributed by atoms with Crippen LogP contribution >= 0.6 is 0 Å². The van der Waals surface area contributed by atoms with Gasteiger partial charge in [-0.3, -0.25) is 14.6 Å². The van der Waals surface area contributed by atoms with Gasteiger partial charge in [0, 0.05) is 56.4 Å². The van der Waals surface area contributed by atoms with Crippen molar-refractivity contribution in [3.63, 3.8) is 0 Å². The predicted molar refractivity (Wildman–Crippen MR) is 122 cm³/mol. The van der Waals surface area contributed by atoms with Crippen LogP contribution in [0.5, 0.6) is 0 Å². The van der Waals surface area contributed by atoms with Gasteiger partial charge in [0.2, 0.25) is 0 Å². The number of aromatic nitrogens is 3. The van der Waals surface area contributed by atoms with E-state index >= 15 is 0 Å². The molecule has 0 radical (unpaired) electrons. The molecular formula is C25H29N5O2. The van der Waals surface area contributed by atoms with Crippen molar-refractivity contribution in [1.82, 2.24) is 24.8 Å². The highest BCUT2D eigenvalue weighted by Crippen LogP contribution is 2.32. The molecule has 0 spiro atoms. The summed E-state index contributed by atoms with van der Waals surface area (Å²) < 4.78 is 0. The molecule has 2 aliphatic heterocycles. The second kappa shape index (κ2) is 8.37. The monoisotopic (exact) mass is 431 g/mol. The fourth-order valence-electron chi connectivity index (χ4n) is 5.01. The van der Waals surface area contributed by atoms with Crippen molar-refractivity contribution in [2.45, 2.75) is 33.1 Å². The number of hydrogen-bond acceptors (Lipinski definition) is 4. The molecule has 2 fully saturated rings. The summed E-state index contributed by atoms with van der Waals surface area (Å²) in [5, 5.41) is 1.00. The van der Waals surface area contributed by atoms with Crippen molar-refractivity contribution in [3.05, 3.63) is 59.2 Å². The second-order valence-electron chi connectivity index (χ2n) is 9.32. The van der Waals surface area contributed by atoms with Gasteiger partial charge in [-0.1, -0.05) is 6.42 Å². The highest BCUT2D eigenvalue weighted by Gasteiger charge is 2.38. The van der Waals surface area contributed by atoms with E-state index in [2.05, 4.69) is 15.0 Å². The van der Waals surface area contributed by atoms with E-state index in [4.69, 9.17) is 0 Å². The molecule has 3 aromatic rings. The lowest BCUT2D eigenvalue weighted by molar-refractivity contribution is 0.0294. The number of aryl methyl sites for hydroxylation is 2. The van der Waals surface area contributed by atoms with Gasteiger partial charge in [-0.05, 0) is 61.8 Å². The molecule has 2 amide bonds. The zero-order valence-corrected chi connectivity index (χ0v) is 18.7. The molecule has 5 rings (SSSR count). The van der Waals surface area contributed by atoms with E-state index < -0.39 is 0 Å². The van der Waals surface area contributed by atoms with Crippen molar-refractivity contribution in [2.24, 2.45) is 11.8 Å². The van der Waals surface area contributed by atoms with Crippen LogP contribution in [0.25, 0.3) is 11.0 Å². The molecule has 32 heavy (non-hydrogen) atoms. The van der Waals surface area contributed by atoms with Crippen LogP contribution in [0.1, 0.15) is 51.1 Å². The van der Waals surface area contributed by atoms with Crippen LogP contribution in [0.3, 0.4) is 0 Å². The van der Waals surface area contributed by atoms with Gasteiger partial charge < -0.3 is 14.8 Å². The van der Waals surface area contributed by atoms with Gasteiger partial charge >= 0.3 is 0 Å². The first-order valence-electron chi connectivity index (χ1n) is 11.4. The van der Waals surface area contributed by atoms with Gasteiger partial charge in [0.05, 0.1) is 11.1 Å². The number of hydrogen-bond donors (Lipinski definition) is 1. The lowest BCUT2D eigenvalue weighted by atomic mass is 9.82. The van der Waals surface area contributed by atoms with Crippen LogP contribution in [0.4, 0.5) is 0 Å². The minimum Gasteiger partial charge on any atom is -0.346 e. The summed E-state index contributed by atoms with van der Waals surface area (Å²) >= 11 is 0. The number of H-pyrrole nitrogens is 1. The average Bonchev–Trinajstić information content (AvgIpc) is 2.97. The lowest BCUT2D eigenvalue weighted by Gasteiger charge is -2.44. The van der Waals surface area contributed by atoms with Crippen molar-refractivity contribution in [2.75, 3.05) is 26.2 Å². The SMILES string of the molecule is Cc1cncc(C(=O)N2CC(C3CCCCN(C(=O)c4cnc5[nH]cc(C)c5c4)C3)C2)c1. The van der Waals surface area contributed by atoms with Crippen LogP contribution in [0.2, 0.25) is 0 Å². The summed E-state index contributed by atoms with van der Waals surface area (Å²) in [5.41, 5.74) is 4.21. The normalized spacial score (nSPS) is 19.6. The molecule has 1 atom stereocenters. The number of rotatable bonds is 3. The number of pyridine rings is 2. The first-order chi connectivity index (χ1) is 15.5. The smallest absolute Gasteiger partial charge is 0.255 e. The number of amides is 2. The Morgan fingerprint density at radius 2 is 1.69 bits per heavy atom. The van der Waals surface area contributed by atoms with Gasteiger partial charge in [-0.15, -0.1) is 0 Å². The van der Waals surface area contributed by atoms with E-state index in [-0.39, 0.29) is 11.8 Å². The molecule has 0 bridgehead atoms. The topological polar surface area (TPSA) is 82.2 Å².